The minimum atomic E-state index is 0.532. The third kappa shape index (κ3) is 3.83. The number of aliphatic imine (C=N–C) groups is 1. The highest BCUT2D eigenvalue weighted by Gasteiger charge is 2.27. The van der Waals surface area contributed by atoms with Crippen LogP contribution in [0.5, 0.6) is 0 Å². The quantitative estimate of drug-likeness (QED) is 0.854. The first-order valence-electron chi connectivity index (χ1n) is 7.20. The van der Waals surface area contributed by atoms with Crippen LogP contribution in [0.1, 0.15) is 46.0 Å². The van der Waals surface area contributed by atoms with Gasteiger partial charge in [-0.2, -0.15) is 11.8 Å². The van der Waals surface area contributed by atoms with E-state index in [0.29, 0.717) is 18.0 Å². The molecule has 18 heavy (non-hydrogen) atoms. The Morgan fingerprint density at radius 2 is 2.06 bits per heavy atom. The van der Waals surface area contributed by atoms with Crippen molar-refractivity contribution in [2.75, 3.05) is 12.0 Å². The molecule has 2 rings (SSSR count). The molecule has 3 atom stereocenters. The summed E-state index contributed by atoms with van der Waals surface area (Å²) in [6.07, 6.45) is 8.95. The number of amidine groups is 1. The summed E-state index contributed by atoms with van der Waals surface area (Å²) in [5, 5.41) is 5.73. The van der Waals surface area contributed by atoms with E-state index in [4.69, 9.17) is 4.99 Å². The van der Waals surface area contributed by atoms with E-state index in [1.807, 2.05) is 23.5 Å². The smallest absolute Gasteiger partial charge is 0.157 e. The average Bonchev–Trinajstić information content (AvgIpc) is 2.39. The zero-order valence-corrected chi connectivity index (χ0v) is 13.4. The number of rotatable bonds is 3. The summed E-state index contributed by atoms with van der Waals surface area (Å²) in [5.41, 5.74) is 0. The van der Waals surface area contributed by atoms with E-state index in [9.17, 15) is 0 Å². The first-order valence-corrected chi connectivity index (χ1v) is 9.48. The van der Waals surface area contributed by atoms with Crippen LogP contribution in [-0.2, 0) is 0 Å². The van der Waals surface area contributed by atoms with Crippen LogP contribution >= 0.6 is 23.5 Å². The fourth-order valence-electron chi connectivity index (χ4n) is 2.79. The van der Waals surface area contributed by atoms with E-state index >= 15 is 0 Å². The molecule has 3 unspecified atom stereocenters. The van der Waals surface area contributed by atoms with Crippen LogP contribution in [0.2, 0.25) is 0 Å². The molecule has 0 radical (unpaired) electrons. The second-order valence-corrected chi connectivity index (χ2v) is 7.85. The van der Waals surface area contributed by atoms with Gasteiger partial charge in [0.1, 0.15) is 0 Å². The van der Waals surface area contributed by atoms with Crippen LogP contribution in [0.25, 0.3) is 0 Å². The van der Waals surface area contributed by atoms with Crippen molar-refractivity contribution in [2.24, 2.45) is 10.9 Å². The lowest BCUT2D eigenvalue weighted by Gasteiger charge is -2.33. The number of hydrogen-bond acceptors (Lipinski definition) is 4. The van der Waals surface area contributed by atoms with Crippen LogP contribution in [0.4, 0.5) is 0 Å². The van der Waals surface area contributed by atoms with Gasteiger partial charge < -0.3 is 5.32 Å². The SMILES string of the molecule is CSC1CCCCC1NC1=NC(C(C)C)CCS1. The van der Waals surface area contributed by atoms with Gasteiger partial charge in [0.15, 0.2) is 5.17 Å². The third-order valence-corrected chi connectivity index (χ3v) is 6.13. The van der Waals surface area contributed by atoms with Crippen molar-refractivity contribution < 1.29 is 0 Å². The fraction of sp³-hybridized carbons (Fsp3) is 0.929. The Labute approximate surface area is 120 Å². The molecule has 1 fully saturated rings. The summed E-state index contributed by atoms with van der Waals surface area (Å²) in [6.45, 7) is 4.57. The lowest BCUT2D eigenvalue weighted by atomic mass is 9.95. The van der Waals surface area contributed by atoms with Gasteiger partial charge in [0.2, 0.25) is 0 Å². The standard InChI is InChI=1S/C14H26N2S2/c1-10(2)11-8-9-18-14(15-11)16-12-6-4-5-7-13(12)17-3/h10-13H,4-9H2,1-3H3,(H,15,16). The minimum Gasteiger partial charge on any atom is -0.361 e. The van der Waals surface area contributed by atoms with Crippen LogP contribution in [-0.4, -0.2) is 34.5 Å². The van der Waals surface area contributed by atoms with Gasteiger partial charge in [-0.25, -0.2) is 0 Å². The van der Waals surface area contributed by atoms with Gasteiger partial charge in [0.05, 0.1) is 6.04 Å². The molecule has 1 N–H and O–H groups in total. The number of hydrogen-bond donors (Lipinski definition) is 1. The number of thioether (sulfide) groups is 2. The molecule has 0 amide bonds. The zero-order chi connectivity index (χ0) is 13.0. The molecular weight excluding hydrogens is 260 g/mol. The second-order valence-electron chi connectivity index (χ2n) is 5.69. The lowest BCUT2D eigenvalue weighted by Crippen LogP contribution is -2.44. The molecule has 0 bridgehead atoms. The molecule has 4 heteroatoms. The Hall–Kier alpha value is 0.170. The molecule has 2 aliphatic rings. The predicted octanol–water partition coefficient (Wildman–Crippen LogP) is 3.77. The van der Waals surface area contributed by atoms with E-state index in [1.165, 1.54) is 43.0 Å². The van der Waals surface area contributed by atoms with Crippen molar-refractivity contribution in [3.05, 3.63) is 0 Å². The summed E-state index contributed by atoms with van der Waals surface area (Å²) < 4.78 is 0. The van der Waals surface area contributed by atoms with Crippen molar-refractivity contribution in [1.82, 2.24) is 5.32 Å². The summed E-state index contributed by atoms with van der Waals surface area (Å²) >= 11 is 3.94. The average molecular weight is 287 g/mol. The van der Waals surface area contributed by atoms with Gasteiger partial charge in [0.25, 0.3) is 0 Å². The van der Waals surface area contributed by atoms with Gasteiger partial charge in [0, 0.05) is 17.0 Å². The molecule has 2 nitrogen and oxygen atoms in total. The summed E-state index contributed by atoms with van der Waals surface area (Å²) in [4.78, 5) is 4.90. The van der Waals surface area contributed by atoms with E-state index in [1.54, 1.807) is 0 Å². The highest BCUT2D eigenvalue weighted by atomic mass is 32.2. The maximum atomic E-state index is 4.90. The zero-order valence-electron chi connectivity index (χ0n) is 11.8. The van der Waals surface area contributed by atoms with E-state index in [0.717, 1.165) is 5.25 Å². The molecule has 0 aromatic rings. The van der Waals surface area contributed by atoms with Crippen molar-refractivity contribution >= 4 is 28.7 Å². The van der Waals surface area contributed by atoms with Crippen LogP contribution in [0, 0.1) is 5.92 Å². The van der Waals surface area contributed by atoms with Crippen LogP contribution in [0.15, 0.2) is 4.99 Å². The maximum Gasteiger partial charge on any atom is 0.157 e. The largest absolute Gasteiger partial charge is 0.361 e. The van der Waals surface area contributed by atoms with Gasteiger partial charge in [-0.3, -0.25) is 4.99 Å². The first kappa shape index (κ1) is 14.6. The highest BCUT2D eigenvalue weighted by molar-refractivity contribution is 8.13. The number of nitrogens with zero attached hydrogens (tertiary/aromatic N) is 1. The lowest BCUT2D eigenvalue weighted by molar-refractivity contribution is 0.423. The van der Waals surface area contributed by atoms with Crippen LogP contribution < -0.4 is 5.32 Å². The van der Waals surface area contributed by atoms with Crippen molar-refractivity contribution in [3.8, 4) is 0 Å². The summed E-state index contributed by atoms with van der Waals surface area (Å²) in [6, 6.07) is 1.18. The van der Waals surface area contributed by atoms with Gasteiger partial charge in [-0.05, 0) is 31.4 Å². The molecule has 0 aromatic carbocycles. The monoisotopic (exact) mass is 286 g/mol. The summed E-state index contributed by atoms with van der Waals surface area (Å²) in [7, 11) is 0. The van der Waals surface area contributed by atoms with E-state index < -0.39 is 0 Å². The fourth-order valence-corrected chi connectivity index (χ4v) is 4.73. The molecule has 0 aromatic heterocycles. The van der Waals surface area contributed by atoms with Crippen molar-refractivity contribution in [3.63, 3.8) is 0 Å². The molecular formula is C14H26N2S2. The Kier molecular flexibility index (Phi) is 5.74. The first-order chi connectivity index (χ1) is 8.70. The summed E-state index contributed by atoms with van der Waals surface area (Å²) in [5.74, 6) is 1.90. The molecule has 0 saturated heterocycles. The minimum absolute atomic E-state index is 0.532. The molecule has 1 aliphatic heterocycles. The highest BCUT2D eigenvalue weighted by Crippen LogP contribution is 2.29. The number of nitrogens with one attached hydrogen (secondary N) is 1. The van der Waals surface area contributed by atoms with E-state index in [-0.39, 0.29) is 0 Å². The Morgan fingerprint density at radius 3 is 2.78 bits per heavy atom. The normalized spacial score (nSPS) is 33.3. The molecule has 1 heterocycles. The molecule has 1 aliphatic carbocycles. The Balaban J connectivity index is 1.94. The van der Waals surface area contributed by atoms with Crippen molar-refractivity contribution in [2.45, 2.75) is 63.3 Å². The van der Waals surface area contributed by atoms with Gasteiger partial charge in [-0.15, -0.1) is 0 Å². The molecule has 0 spiro atoms. The van der Waals surface area contributed by atoms with Crippen molar-refractivity contribution in [1.29, 1.82) is 0 Å². The predicted molar refractivity (Wildman–Crippen MR) is 85.8 cm³/mol. The van der Waals surface area contributed by atoms with E-state index in [2.05, 4.69) is 25.4 Å². The topological polar surface area (TPSA) is 24.4 Å². The van der Waals surface area contributed by atoms with Gasteiger partial charge >= 0.3 is 0 Å². The Bertz CT molecular complexity index is 292. The maximum absolute atomic E-state index is 4.90. The molecule has 1 saturated carbocycles. The Morgan fingerprint density at radius 1 is 1.28 bits per heavy atom. The second kappa shape index (κ2) is 7.09. The third-order valence-electron chi connectivity index (χ3n) is 4.02. The molecule has 104 valence electrons. The van der Waals surface area contributed by atoms with Crippen LogP contribution in [0.3, 0.4) is 0 Å². The van der Waals surface area contributed by atoms with Gasteiger partial charge in [-0.1, -0.05) is 38.5 Å².